The molecule has 0 saturated carbocycles. The number of piperidine rings is 2. The molecule has 0 spiro atoms. The minimum Gasteiger partial charge on any atom is -0.494 e. The normalized spacial score (nSPS) is 15.2. The Morgan fingerprint density at radius 3 is 1.47 bits per heavy atom. The van der Waals surface area contributed by atoms with Gasteiger partial charge >= 0.3 is 11.8 Å². The molecule has 7 aromatic rings. The lowest BCUT2D eigenvalue weighted by Gasteiger charge is -2.27. The summed E-state index contributed by atoms with van der Waals surface area (Å²) in [5.41, 5.74) is 1.16. The maximum atomic E-state index is 13.8. The minimum atomic E-state index is -4.75. The number of carbonyl (C=O) groups is 4. The zero-order valence-electron chi connectivity index (χ0n) is 55.8. The van der Waals surface area contributed by atoms with E-state index in [1.165, 1.54) is 26.4 Å². The van der Waals surface area contributed by atoms with Crippen LogP contribution in [0.2, 0.25) is 0 Å². The molecule has 2 saturated heterocycles. The van der Waals surface area contributed by atoms with Crippen molar-refractivity contribution in [3.63, 3.8) is 0 Å². The van der Waals surface area contributed by atoms with Crippen molar-refractivity contribution in [1.29, 1.82) is 5.26 Å². The Hall–Kier alpha value is -10.4. The summed E-state index contributed by atoms with van der Waals surface area (Å²) < 4.78 is 79.4. The first kappa shape index (κ1) is 72.9. The third-order valence-corrected chi connectivity index (χ3v) is 21.1. The molecule has 32 nitrogen and oxygen atoms in total. The molecule has 0 aliphatic carbocycles. The highest BCUT2D eigenvalue weighted by atomic mass is 32.2. The molecule has 4 aliphatic heterocycles. The third kappa shape index (κ3) is 15.4. The van der Waals surface area contributed by atoms with Gasteiger partial charge in [0.05, 0.1) is 85.4 Å². The summed E-state index contributed by atoms with van der Waals surface area (Å²) in [5.74, 6) is -2.13. The quantitative estimate of drug-likeness (QED) is 0.00797. The van der Waals surface area contributed by atoms with Crippen LogP contribution in [0.3, 0.4) is 0 Å². The second kappa shape index (κ2) is 31.2. The van der Waals surface area contributed by atoms with Crippen LogP contribution in [0.4, 0.5) is 67.9 Å². The number of thioether (sulfide) groups is 1. The first-order valence-corrected chi connectivity index (χ1v) is 37.6. The highest BCUT2D eigenvalue weighted by Gasteiger charge is 2.44. The molecule has 0 radical (unpaired) electrons. The molecular weight excluding hydrogens is 1420 g/mol. The number of aromatic nitrogens is 5. The molecule has 5 N–H and O–H groups in total. The highest BCUT2D eigenvalue weighted by Crippen LogP contribution is 2.46. The van der Waals surface area contributed by atoms with E-state index in [-0.39, 0.29) is 79.0 Å². The van der Waals surface area contributed by atoms with E-state index in [0.29, 0.717) is 118 Å². The van der Waals surface area contributed by atoms with E-state index < -0.39 is 59.5 Å². The molecule has 2 fully saturated rings. The summed E-state index contributed by atoms with van der Waals surface area (Å²) >= 11 is 3.21. The number of nitriles is 1. The number of carbonyl (C=O) groups excluding carboxylic acids is 4. The maximum Gasteiger partial charge on any atom is 0.334 e. The number of anilines is 8. The minimum absolute atomic E-state index is 0.0117. The van der Waals surface area contributed by atoms with Crippen LogP contribution in [0.25, 0.3) is 17.0 Å². The van der Waals surface area contributed by atoms with Gasteiger partial charge in [0.2, 0.25) is 28.0 Å². The lowest BCUT2D eigenvalue weighted by molar-refractivity contribution is 0.0695. The van der Waals surface area contributed by atoms with Crippen molar-refractivity contribution in [3.8, 4) is 17.6 Å². The standard InChI is InChI=1S/C65H67N19O13S5/c1-8-79(9-2)48-31-44(46(33-50(48)96-6)75-77-64-70-55(81-22-14-12-15-23-81)52(99-64)28-37(36-66)83-57(86)40-20-18-38(101(90,91)92)29-42(40)59(83)88)68-61-72-62(74-63(73-61)98-27-26-85)69-45-32-49(80(10-3)11-4)51(97-7)34-47(45)76-78-65-71-56(82-24-16-13-17-25-82)53(100-65)35-54(67-5)84-58(87)41-21-19-39(102(93,94)95)30-43(41)60(84)89/h18-21,28-35,85H,8-17,22-27H2,1-4,6-7H3,(H,90,91,92)(H,93,94,95)(H2,68,69,72,73,74)/b37-28+,54-35+,77-75?,78-76?. The number of aliphatic hydroxyl groups excluding tert-OH is 1. The van der Waals surface area contributed by atoms with Crippen LogP contribution in [0, 0.1) is 17.9 Å². The van der Waals surface area contributed by atoms with E-state index in [9.17, 15) is 55.5 Å². The molecule has 530 valence electrons. The average Bonchev–Trinajstić information content (AvgIpc) is 1.62. The number of methoxy groups -OCH3 is 2. The van der Waals surface area contributed by atoms with Gasteiger partial charge in [-0.2, -0.15) is 51.9 Å². The lowest BCUT2D eigenvalue weighted by atomic mass is 10.1. The Morgan fingerprint density at radius 2 is 1.06 bits per heavy atom. The number of aliphatic hydroxyl groups is 1. The van der Waals surface area contributed by atoms with Gasteiger partial charge in [-0.15, -0.1) is 20.5 Å². The monoisotopic (exact) mass is 1480 g/mol. The molecule has 4 amide bonds. The van der Waals surface area contributed by atoms with Crippen LogP contribution in [-0.2, 0) is 20.2 Å². The van der Waals surface area contributed by atoms with Gasteiger partial charge in [-0.3, -0.25) is 18.7 Å². The molecule has 7 heterocycles. The van der Waals surface area contributed by atoms with Crippen LogP contribution in [-0.4, -0.2) is 168 Å². The number of rotatable bonds is 27. The summed E-state index contributed by atoms with van der Waals surface area (Å²) in [6.07, 6.45) is 7.96. The summed E-state index contributed by atoms with van der Waals surface area (Å²) in [6.45, 7) is 20.6. The number of benzene rings is 4. The number of imide groups is 2. The third-order valence-electron chi connectivity index (χ3n) is 16.8. The largest absolute Gasteiger partial charge is 0.494 e. The van der Waals surface area contributed by atoms with Crippen molar-refractivity contribution >= 4 is 158 Å². The lowest BCUT2D eigenvalue weighted by Crippen LogP contribution is -2.30. The van der Waals surface area contributed by atoms with E-state index in [4.69, 9.17) is 51.2 Å². The summed E-state index contributed by atoms with van der Waals surface area (Å²) in [4.78, 5) is 92.0. The Balaban J connectivity index is 0.964. The van der Waals surface area contributed by atoms with Gasteiger partial charge in [0, 0.05) is 70.2 Å². The number of azo groups is 2. The van der Waals surface area contributed by atoms with Crippen molar-refractivity contribution in [2.75, 3.05) is 109 Å². The average molecular weight is 1480 g/mol. The number of thiazole rings is 2. The molecule has 4 aromatic carbocycles. The SMILES string of the molecule is [C-]#[N+]/C(=C\c1sc(N=Nc2cc(OC)c(N(CC)CC)cc2Nc2nc(Nc3cc(N(CC)CC)c(OC)cc3N=Nc3nc(N4CCCCC4)c(/C=C(\C#N)N4C(=O)c5ccc(S(=O)(=O)O)cc5C4=O)s3)nc(SCCO)n2)nc1N1CCCCC1)N1C(=O)c2ccc(S(=O)(=O)O)cc2C1=O. The van der Waals surface area contributed by atoms with Crippen LogP contribution in [0.5, 0.6) is 11.5 Å². The van der Waals surface area contributed by atoms with E-state index in [0.717, 1.165) is 109 Å². The zero-order chi connectivity index (χ0) is 72.7. The molecule has 0 atom stereocenters. The van der Waals surface area contributed by atoms with Crippen molar-refractivity contribution in [3.05, 3.63) is 116 Å². The topological polar surface area (TPSA) is 401 Å². The predicted octanol–water partition coefficient (Wildman–Crippen LogP) is 12.0. The number of amides is 4. The number of nitrogens with zero attached hydrogens (tertiary/aromatic N) is 17. The number of hydrogen-bond donors (Lipinski definition) is 5. The van der Waals surface area contributed by atoms with Gasteiger partial charge in [-0.1, -0.05) is 41.0 Å². The number of fused-ring (bicyclic) bond motifs is 2. The van der Waals surface area contributed by atoms with Gasteiger partial charge in [0.15, 0.2) is 5.16 Å². The molecule has 102 heavy (non-hydrogen) atoms. The van der Waals surface area contributed by atoms with Crippen molar-refractivity contribution in [2.24, 2.45) is 20.5 Å². The molecule has 0 bridgehead atoms. The second-order valence-corrected chi connectivity index (χ2v) is 28.8. The Kier molecular flexibility index (Phi) is 22.3. The first-order chi connectivity index (χ1) is 49.0. The van der Waals surface area contributed by atoms with Gasteiger partial charge in [-0.25, -0.2) is 14.5 Å². The van der Waals surface area contributed by atoms with E-state index in [1.54, 1.807) is 24.3 Å². The Bertz CT molecular complexity index is 4630. The maximum absolute atomic E-state index is 13.8. The Labute approximate surface area is 598 Å². The molecule has 0 unspecified atom stereocenters. The van der Waals surface area contributed by atoms with Gasteiger partial charge < -0.3 is 49.7 Å². The van der Waals surface area contributed by atoms with E-state index in [2.05, 4.69) is 35.5 Å². The fraction of sp³-hybridized carbons (Fsp3) is 0.338. The van der Waals surface area contributed by atoms with Crippen molar-refractivity contribution in [2.45, 2.75) is 81.2 Å². The second-order valence-electron chi connectivity index (χ2n) is 22.9. The number of ether oxygens (including phenoxy) is 2. The molecule has 3 aromatic heterocycles. The van der Waals surface area contributed by atoms with Gasteiger partial charge in [-0.05, 0) is 127 Å². The van der Waals surface area contributed by atoms with Crippen LogP contribution in [0.1, 0.15) is 117 Å². The van der Waals surface area contributed by atoms with E-state index in [1.807, 2.05) is 43.6 Å². The number of hydrogen-bond acceptors (Lipinski definition) is 30. The summed E-state index contributed by atoms with van der Waals surface area (Å²) in [5, 5.41) is 46.5. The Morgan fingerprint density at radius 1 is 0.627 bits per heavy atom. The predicted molar refractivity (Wildman–Crippen MR) is 384 cm³/mol. The van der Waals surface area contributed by atoms with E-state index >= 15 is 0 Å². The zero-order valence-corrected chi connectivity index (χ0v) is 59.9. The summed E-state index contributed by atoms with van der Waals surface area (Å²) in [7, 11) is -6.44. The van der Waals surface area contributed by atoms with Gasteiger partial charge in [0.1, 0.15) is 46.3 Å². The highest BCUT2D eigenvalue weighted by molar-refractivity contribution is 7.99. The van der Waals surface area contributed by atoms with Crippen molar-refractivity contribution in [1.82, 2.24) is 34.7 Å². The smallest absolute Gasteiger partial charge is 0.334 e. The van der Waals surface area contributed by atoms with Crippen LogP contribution >= 0.6 is 34.4 Å². The molecule has 4 aliphatic rings. The fourth-order valence-corrected chi connectivity index (χ4v) is 15.1. The van der Waals surface area contributed by atoms with Crippen LogP contribution < -0.4 is 39.7 Å². The summed E-state index contributed by atoms with van der Waals surface area (Å²) in [6, 6.07) is 14.9. The fourth-order valence-electron chi connectivity index (χ4n) is 11.8. The molecule has 37 heteroatoms. The number of nitrogens with one attached hydrogen (secondary N) is 2. The number of allylic oxidation sites excluding steroid dienone is 1. The molecular formula is C65H67N19O13S5. The van der Waals surface area contributed by atoms with Gasteiger partial charge in [0.25, 0.3) is 32.1 Å². The first-order valence-electron chi connectivity index (χ1n) is 32.1. The van der Waals surface area contributed by atoms with Crippen LogP contribution in [0.15, 0.2) is 108 Å². The molecule has 11 rings (SSSR count). The van der Waals surface area contributed by atoms with Crippen molar-refractivity contribution < 1.29 is 59.7 Å².